The van der Waals surface area contributed by atoms with E-state index in [1.54, 1.807) is 0 Å². The zero-order chi connectivity index (χ0) is 11.5. The summed E-state index contributed by atoms with van der Waals surface area (Å²) < 4.78 is 0. The largest absolute Gasteiger partial charge is 0.354 e. The van der Waals surface area contributed by atoms with Gasteiger partial charge in [-0.05, 0) is 37.5 Å². The lowest BCUT2D eigenvalue weighted by molar-refractivity contribution is 0.299. The molecule has 0 spiro atoms. The lowest BCUT2D eigenvalue weighted by Gasteiger charge is -2.35. The van der Waals surface area contributed by atoms with Gasteiger partial charge in [-0.15, -0.1) is 0 Å². The van der Waals surface area contributed by atoms with Gasteiger partial charge in [-0.25, -0.2) is 0 Å². The van der Waals surface area contributed by atoms with E-state index < -0.39 is 0 Å². The van der Waals surface area contributed by atoms with Gasteiger partial charge in [-0.3, -0.25) is 5.41 Å². The molecule has 0 bridgehead atoms. The van der Waals surface area contributed by atoms with Crippen molar-refractivity contribution < 1.29 is 0 Å². The Kier molecular flexibility index (Phi) is 3.49. The topological polar surface area (TPSA) is 27.1 Å². The summed E-state index contributed by atoms with van der Waals surface area (Å²) in [4.78, 5) is 2.19. The summed E-state index contributed by atoms with van der Waals surface area (Å²) in [7, 11) is 0. The first-order valence-electron chi connectivity index (χ1n) is 5.78. The number of hydrogen-bond donors (Lipinski definition) is 1. The van der Waals surface area contributed by atoms with Crippen molar-refractivity contribution in [1.29, 1.82) is 5.41 Å². The van der Waals surface area contributed by atoms with Gasteiger partial charge in [0.2, 0.25) is 0 Å². The van der Waals surface area contributed by atoms with Gasteiger partial charge >= 0.3 is 0 Å². The number of rotatable bonds is 2. The molecule has 1 saturated heterocycles. The molecule has 0 saturated carbocycles. The minimum absolute atomic E-state index is 0.282. The van der Waals surface area contributed by atoms with Gasteiger partial charge in [-0.1, -0.05) is 23.7 Å². The molecule has 3 heteroatoms. The maximum absolute atomic E-state index is 7.97. The number of halogens is 1. The van der Waals surface area contributed by atoms with Crippen LogP contribution in [-0.2, 0) is 0 Å². The highest BCUT2D eigenvalue weighted by Gasteiger charge is 2.21. The second-order valence-corrected chi connectivity index (χ2v) is 4.76. The van der Waals surface area contributed by atoms with Crippen LogP contribution < -0.4 is 0 Å². The Labute approximate surface area is 102 Å². The Morgan fingerprint density at radius 1 is 1.25 bits per heavy atom. The number of nitrogens with zero attached hydrogens (tertiary/aromatic N) is 1. The van der Waals surface area contributed by atoms with Gasteiger partial charge in [0.15, 0.2) is 0 Å². The molecule has 86 valence electrons. The van der Waals surface area contributed by atoms with Gasteiger partial charge < -0.3 is 4.90 Å². The average Bonchev–Trinajstić information content (AvgIpc) is 2.30. The summed E-state index contributed by atoms with van der Waals surface area (Å²) >= 11 is 5.87. The fourth-order valence-corrected chi connectivity index (χ4v) is 2.33. The molecule has 0 aromatic heterocycles. The maximum Gasteiger partial charge on any atom is 0.0962 e. The third kappa shape index (κ3) is 2.38. The summed E-state index contributed by atoms with van der Waals surface area (Å²) in [6.07, 6.45) is 3.26. The van der Waals surface area contributed by atoms with E-state index >= 15 is 0 Å². The zero-order valence-electron chi connectivity index (χ0n) is 9.54. The normalized spacial score (nSPS) is 18.6. The summed E-state index contributed by atoms with van der Waals surface area (Å²) in [5.41, 5.74) is 1.23. The van der Waals surface area contributed by atoms with E-state index in [9.17, 15) is 0 Å². The molecule has 2 nitrogen and oxygen atoms in total. The maximum atomic E-state index is 7.97. The molecular formula is C13H17ClN2. The molecule has 1 heterocycles. The highest BCUT2D eigenvalue weighted by Crippen LogP contribution is 2.25. The number of amidine groups is 1. The van der Waals surface area contributed by atoms with E-state index in [0.29, 0.717) is 0 Å². The number of hydrogen-bond acceptors (Lipinski definition) is 1. The highest BCUT2D eigenvalue weighted by atomic mass is 35.5. The molecule has 1 aliphatic heterocycles. The summed E-state index contributed by atoms with van der Waals surface area (Å²) in [5, 5.41) is 8.74. The van der Waals surface area contributed by atoms with Crippen molar-refractivity contribution in [3.63, 3.8) is 0 Å². The van der Waals surface area contributed by atoms with Crippen molar-refractivity contribution >= 4 is 17.4 Å². The first kappa shape index (κ1) is 11.5. The molecule has 1 atom stereocenters. The van der Waals surface area contributed by atoms with Crippen LogP contribution in [0, 0.1) is 5.41 Å². The predicted octanol–water partition coefficient (Wildman–Crippen LogP) is 3.86. The summed E-state index contributed by atoms with van der Waals surface area (Å²) in [5.74, 6) is 0.772. The molecule has 1 aromatic rings. The Morgan fingerprint density at radius 2 is 1.94 bits per heavy atom. The first-order valence-corrected chi connectivity index (χ1v) is 6.16. The Hall–Kier alpha value is -1.02. The number of nitrogens with one attached hydrogen (secondary N) is 1. The lowest BCUT2D eigenvalue weighted by atomic mass is 10.0. The SMILES string of the molecule is CC(c1ccc(Cl)cc1)N1CCCCC1=N. The Morgan fingerprint density at radius 3 is 2.56 bits per heavy atom. The third-order valence-corrected chi connectivity index (χ3v) is 3.48. The van der Waals surface area contributed by atoms with E-state index in [1.165, 1.54) is 12.0 Å². The van der Waals surface area contributed by atoms with Crippen LogP contribution in [0.5, 0.6) is 0 Å². The highest BCUT2D eigenvalue weighted by molar-refractivity contribution is 6.30. The van der Waals surface area contributed by atoms with Gasteiger partial charge in [0, 0.05) is 18.0 Å². The average molecular weight is 237 g/mol. The van der Waals surface area contributed by atoms with Crippen molar-refractivity contribution in [2.24, 2.45) is 0 Å². The van der Waals surface area contributed by atoms with Crippen molar-refractivity contribution in [3.8, 4) is 0 Å². The minimum Gasteiger partial charge on any atom is -0.354 e. The van der Waals surface area contributed by atoms with Crippen LogP contribution in [0.25, 0.3) is 0 Å². The molecule has 0 radical (unpaired) electrons. The Bertz CT molecular complexity index is 372. The van der Waals surface area contributed by atoms with Crippen molar-refractivity contribution in [3.05, 3.63) is 34.9 Å². The summed E-state index contributed by atoms with van der Waals surface area (Å²) in [6, 6.07) is 8.22. The minimum atomic E-state index is 0.282. The fraction of sp³-hybridized carbons (Fsp3) is 0.462. The van der Waals surface area contributed by atoms with Gasteiger partial charge in [0.25, 0.3) is 0 Å². The smallest absolute Gasteiger partial charge is 0.0962 e. The third-order valence-electron chi connectivity index (χ3n) is 3.23. The Balaban J connectivity index is 2.14. The van der Waals surface area contributed by atoms with E-state index in [-0.39, 0.29) is 6.04 Å². The van der Waals surface area contributed by atoms with Crippen LogP contribution >= 0.6 is 11.6 Å². The van der Waals surface area contributed by atoms with Gasteiger partial charge in [0.05, 0.1) is 11.9 Å². The lowest BCUT2D eigenvalue weighted by Crippen LogP contribution is -2.36. The van der Waals surface area contributed by atoms with Crippen LogP contribution in [0.1, 0.15) is 37.8 Å². The van der Waals surface area contributed by atoms with Gasteiger partial charge in [0.1, 0.15) is 0 Å². The first-order chi connectivity index (χ1) is 7.68. The quantitative estimate of drug-likeness (QED) is 0.830. The van der Waals surface area contributed by atoms with Crippen LogP contribution in [0.3, 0.4) is 0 Å². The van der Waals surface area contributed by atoms with E-state index in [1.807, 2.05) is 12.1 Å². The van der Waals surface area contributed by atoms with Crippen molar-refractivity contribution in [2.45, 2.75) is 32.2 Å². The second kappa shape index (κ2) is 4.88. The van der Waals surface area contributed by atoms with Crippen LogP contribution in [0.2, 0.25) is 5.02 Å². The number of likely N-dealkylation sites (tertiary alicyclic amines) is 1. The van der Waals surface area contributed by atoms with Crippen LogP contribution in [-0.4, -0.2) is 17.3 Å². The predicted molar refractivity (Wildman–Crippen MR) is 68.2 cm³/mol. The molecule has 1 fully saturated rings. The van der Waals surface area contributed by atoms with E-state index in [0.717, 1.165) is 30.2 Å². The van der Waals surface area contributed by atoms with Crippen LogP contribution in [0.4, 0.5) is 0 Å². The molecule has 1 unspecified atom stereocenters. The zero-order valence-corrected chi connectivity index (χ0v) is 10.3. The monoisotopic (exact) mass is 236 g/mol. The van der Waals surface area contributed by atoms with Crippen molar-refractivity contribution in [1.82, 2.24) is 4.90 Å². The number of benzene rings is 1. The molecule has 0 aliphatic carbocycles. The van der Waals surface area contributed by atoms with E-state index in [2.05, 4.69) is 24.0 Å². The van der Waals surface area contributed by atoms with Gasteiger partial charge in [-0.2, -0.15) is 0 Å². The molecule has 1 aromatic carbocycles. The number of piperidine rings is 1. The molecule has 0 amide bonds. The fourth-order valence-electron chi connectivity index (χ4n) is 2.20. The molecular weight excluding hydrogens is 220 g/mol. The summed E-state index contributed by atoms with van der Waals surface area (Å²) in [6.45, 7) is 3.16. The second-order valence-electron chi connectivity index (χ2n) is 4.32. The van der Waals surface area contributed by atoms with E-state index in [4.69, 9.17) is 17.0 Å². The molecule has 1 aliphatic rings. The van der Waals surface area contributed by atoms with Crippen molar-refractivity contribution in [2.75, 3.05) is 6.54 Å². The molecule has 16 heavy (non-hydrogen) atoms. The van der Waals surface area contributed by atoms with Crippen LogP contribution in [0.15, 0.2) is 24.3 Å². The molecule has 1 N–H and O–H groups in total. The standard InChI is InChI=1S/C13H17ClN2/c1-10(11-5-7-12(14)8-6-11)16-9-3-2-4-13(16)15/h5-8,10,15H,2-4,9H2,1H3. The molecule has 2 rings (SSSR count).